The summed E-state index contributed by atoms with van der Waals surface area (Å²) in [4.78, 5) is 0. The fourth-order valence-corrected chi connectivity index (χ4v) is 1.06. The molecular formula is C11H7F5O. The largest absolute Gasteiger partial charge is 0.487 e. The molecule has 0 saturated heterocycles. The van der Waals surface area contributed by atoms with E-state index >= 15 is 0 Å². The predicted octanol–water partition coefficient (Wildman–Crippen LogP) is 3.17. The number of hydrogen-bond acceptors (Lipinski definition) is 1. The third-order valence-corrected chi connectivity index (χ3v) is 1.88. The molecule has 0 fully saturated rings. The number of hydrogen-bond donors (Lipinski definition) is 0. The standard InChI is InChI=1S/C11H7F5O/c1-2-3-4-5-17-11-9(15)7(13)6(12)8(14)10(11)16/h1H,3-5H2. The zero-order valence-corrected chi connectivity index (χ0v) is 8.50. The summed E-state index contributed by atoms with van der Waals surface area (Å²) in [6, 6.07) is 0. The van der Waals surface area contributed by atoms with Crippen LogP contribution in [0.5, 0.6) is 5.75 Å². The minimum absolute atomic E-state index is 0.234. The van der Waals surface area contributed by atoms with Gasteiger partial charge in [0.2, 0.25) is 29.1 Å². The molecule has 0 amide bonds. The van der Waals surface area contributed by atoms with Gasteiger partial charge in [0.25, 0.3) is 0 Å². The molecule has 0 unspecified atom stereocenters. The van der Waals surface area contributed by atoms with Crippen LogP contribution >= 0.6 is 0 Å². The van der Waals surface area contributed by atoms with Crippen molar-refractivity contribution in [2.75, 3.05) is 6.61 Å². The molecule has 1 aromatic rings. The highest BCUT2D eigenvalue weighted by atomic mass is 19.2. The van der Waals surface area contributed by atoms with Gasteiger partial charge in [0.1, 0.15) is 0 Å². The monoisotopic (exact) mass is 250 g/mol. The predicted molar refractivity (Wildman–Crippen MR) is 49.8 cm³/mol. The summed E-state index contributed by atoms with van der Waals surface area (Å²) < 4.78 is 68.6. The van der Waals surface area contributed by atoms with Crippen LogP contribution in [0.4, 0.5) is 22.0 Å². The number of terminal acetylenes is 1. The molecule has 0 aromatic heterocycles. The van der Waals surface area contributed by atoms with Crippen LogP contribution in [0.1, 0.15) is 12.8 Å². The molecule has 1 aromatic carbocycles. The van der Waals surface area contributed by atoms with Crippen molar-refractivity contribution in [3.63, 3.8) is 0 Å². The Bertz CT molecular complexity index is 435. The first-order valence-electron chi connectivity index (χ1n) is 4.58. The summed E-state index contributed by atoms with van der Waals surface area (Å²) in [6.07, 6.45) is 5.43. The SMILES string of the molecule is C#CCCCOc1c(F)c(F)c(F)c(F)c1F. The molecule has 0 saturated carbocycles. The van der Waals surface area contributed by atoms with Crippen molar-refractivity contribution in [3.8, 4) is 18.1 Å². The lowest BCUT2D eigenvalue weighted by atomic mass is 10.2. The maximum absolute atomic E-state index is 13.0. The van der Waals surface area contributed by atoms with Crippen molar-refractivity contribution in [3.05, 3.63) is 29.1 Å². The number of rotatable bonds is 4. The molecule has 0 spiro atoms. The molecule has 0 bridgehead atoms. The Balaban J connectivity index is 2.96. The number of benzene rings is 1. The fraction of sp³-hybridized carbons (Fsp3) is 0.273. The molecule has 0 N–H and O–H groups in total. The summed E-state index contributed by atoms with van der Waals surface area (Å²) in [5.74, 6) is -9.28. The topological polar surface area (TPSA) is 9.23 Å². The molecule has 17 heavy (non-hydrogen) atoms. The summed E-state index contributed by atoms with van der Waals surface area (Å²) >= 11 is 0. The van der Waals surface area contributed by atoms with Gasteiger partial charge in [-0.25, -0.2) is 13.2 Å². The highest BCUT2D eigenvalue weighted by Crippen LogP contribution is 2.29. The first kappa shape index (κ1) is 13.3. The van der Waals surface area contributed by atoms with E-state index in [1.54, 1.807) is 0 Å². The van der Waals surface area contributed by atoms with Crippen molar-refractivity contribution in [2.24, 2.45) is 0 Å². The first-order valence-corrected chi connectivity index (χ1v) is 4.58. The van der Waals surface area contributed by atoms with Crippen molar-refractivity contribution in [1.29, 1.82) is 0 Å². The Morgan fingerprint density at radius 2 is 1.35 bits per heavy atom. The molecule has 0 heterocycles. The third kappa shape index (κ3) is 2.67. The van der Waals surface area contributed by atoms with Crippen LogP contribution in [0.2, 0.25) is 0 Å². The van der Waals surface area contributed by atoms with E-state index in [-0.39, 0.29) is 19.4 Å². The van der Waals surface area contributed by atoms with E-state index in [2.05, 4.69) is 10.7 Å². The van der Waals surface area contributed by atoms with Gasteiger partial charge in [-0.15, -0.1) is 12.3 Å². The highest BCUT2D eigenvalue weighted by molar-refractivity contribution is 5.29. The molecule has 0 aliphatic carbocycles. The second kappa shape index (κ2) is 5.53. The van der Waals surface area contributed by atoms with Gasteiger partial charge >= 0.3 is 0 Å². The summed E-state index contributed by atoms with van der Waals surface area (Å²) in [5, 5.41) is 0. The van der Waals surface area contributed by atoms with Crippen LogP contribution in [-0.2, 0) is 0 Å². The molecule has 0 aliphatic heterocycles. The van der Waals surface area contributed by atoms with Gasteiger partial charge in [-0.1, -0.05) is 0 Å². The summed E-state index contributed by atoms with van der Waals surface area (Å²) in [7, 11) is 0. The zero-order valence-electron chi connectivity index (χ0n) is 8.50. The molecule has 0 radical (unpaired) electrons. The quantitative estimate of drug-likeness (QED) is 0.262. The summed E-state index contributed by atoms with van der Waals surface area (Å²) in [6.45, 7) is -0.234. The van der Waals surface area contributed by atoms with E-state index in [1.165, 1.54) is 0 Å². The van der Waals surface area contributed by atoms with E-state index in [9.17, 15) is 22.0 Å². The Morgan fingerprint density at radius 3 is 1.82 bits per heavy atom. The van der Waals surface area contributed by atoms with Crippen molar-refractivity contribution < 1.29 is 26.7 Å². The zero-order chi connectivity index (χ0) is 13.0. The molecule has 1 nitrogen and oxygen atoms in total. The van der Waals surface area contributed by atoms with Gasteiger partial charge in [-0.05, 0) is 6.42 Å². The van der Waals surface area contributed by atoms with Gasteiger partial charge in [0.05, 0.1) is 6.61 Å². The molecule has 92 valence electrons. The van der Waals surface area contributed by atoms with E-state index < -0.39 is 34.8 Å². The number of unbranched alkanes of at least 4 members (excludes halogenated alkanes) is 1. The van der Waals surface area contributed by atoms with Crippen LogP contribution in [0.3, 0.4) is 0 Å². The molecule has 6 heteroatoms. The van der Waals surface area contributed by atoms with Crippen LogP contribution in [-0.4, -0.2) is 6.61 Å². The maximum atomic E-state index is 13.0. The van der Waals surface area contributed by atoms with Gasteiger partial charge in [-0.3, -0.25) is 0 Å². The molecule has 0 aliphatic rings. The van der Waals surface area contributed by atoms with Crippen molar-refractivity contribution in [2.45, 2.75) is 12.8 Å². The van der Waals surface area contributed by atoms with Crippen LogP contribution in [0.25, 0.3) is 0 Å². The Labute approximate surface area is 94.2 Å². The van der Waals surface area contributed by atoms with Crippen LogP contribution in [0.15, 0.2) is 0 Å². The smallest absolute Gasteiger partial charge is 0.206 e. The third-order valence-electron chi connectivity index (χ3n) is 1.88. The van der Waals surface area contributed by atoms with E-state index in [4.69, 9.17) is 6.42 Å². The molecule has 0 atom stereocenters. The normalized spacial score (nSPS) is 10.1. The van der Waals surface area contributed by atoms with E-state index in [0.29, 0.717) is 0 Å². The van der Waals surface area contributed by atoms with E-state index in [0.717, 1.165) is 0 Å². The van der Waals surface area contributed by atoms with Crippen LogP contribution in [0, 0.1) is 41.4 Å². The lowest BCUT2D eigenvalue weighted by Gasteiger charge is -2.09. The average molecular weight is 250 g/mol. The molecular weight excluding hydrogens is 243 g/mol. The second-order valence-electron chi connectivity index (χ2n) is 3.06. The van der Waals surface area contributed by atoms with E-state index in [1.807, 2.05) is 0 Å². The lowest BCUT2D eigenvalue weighted by Crippen LogP contribution is -2.07. The van der Waals surface area contributed by atoms with Gasteiger partial charge in [0, 0.05) is 6.42 Å². The average Bonchev–Trinajstić information content (AvgIpc) is 2.33. The van der Waals surface area contributed by atoms with Crippen LogP contribution < -0.4 is 4.74 Å². The lowest BCUT2D eigenvalue weighted by molar-refractivity contribution is 0.260. The van der Waals surface area contributed by atoms with Gasteiger partial charge < -0.3 is 4.74 Å². The van der Waals surface area contributed by atoms with Gasteiger partial charge in [0.15, 0.2) is 5.75 Å². The first-order chi connectivity index (χ1) is 8.00. The Kier molecular flexibility index (Phi) is 4.32. The maximum Gasteiger partial charge on any atom is 0.206 e. The Hall–Kier alpha value is -1.77. The fourth-order valence-electron chi connectivity index (χ4n) is 1.06. The number of ether oxygens (including phenoxy) is 1. The highest BCUT2D eigenvalue weighted by Gasteiger charge is 2.26. The minimum Gasteiger partial charge on any atom is -0.487 e. The second-order valence-corrected chi connectivity index (χ2v) is 3.06. The van der Waals surface area contributed by atoms with Crippen molar-refractivity contribution in [1.82, 2.24) is 0 Å². The van der Waals surface area contributed by atoms with Crippen molar-refractivity contribution >= 4 is 0 Å². The molecule has 1 rings (SSSR count). The summed E-state index contributed by atoms with van der Waals surface area (Å²) in [5.41, 5.74) is 0. The Morgan fingerprint density at radius 1 is 0.882 bits per heavy atom. The van der Waals surface area contributed by atoms with Gasteiger partial charge in [-0.2, -0.15) is 8.78 Å². The number of halogens is 5. The minimum atomic E-state index is -2.21.